The summed E-state index contributed by atoms with van der Waals surface area (Å²) in [6, 6.07) is 17.4. The van der Waals surface area contributed by atoms with Crippen LogP contribution in [0.2, 0.25) is 20.1 Å². The topological polar surface area (TPSA) is 65.4 Å². The fourth-order valence-electron chi connectivity index (χ4n) is 3.62. The highest BCUT2D eigenvalue weighted by Gasteiger charge is 2.20. The monoisotopic (exact) mass is 563 g/mol. The van der Waals surface area contributed by atoms with Gasteiger partial charge in [-0.05, 0) is 60.5 Å². The number of amides is 1. The van der Waals surface area contributed by atoms with Crippen LogP contribution in [0.5, 0.6) is 11.5 Å². The standard InChI is InChI=1S/C26H21Cl4N3O3/c1-35-18-6-7-19(25(13-18)36-2)23-14-24(33(32-23)17-5-8-20(28)22(30)12-17)26(34)31-10-9-15-3-4-16(27)11-21(15)29/h3-8,11-14H,9-10H2,1-2H3,(H,31,34). The lowest BCUT2D eigenvalue weighted by atomic mass is 10.1. The Morgan fingerprint density at radius 2 is 1.69 bits per heavy atom. The summed E-state index contributed by atoms with van der Waals surface area (Å²) in [5, 5.41) is 9.48. The highest BCUT2D eigenvalue weighted by molar-refractivity contribution is 6.42. The Labute approximate surface area is 228 Å². The van der Waals surface area contributed by atoms with Crippen molar-refractivity contribution in [1.82, 2.24) is 15.1 Å². The molecule has 0 saturated heterocycles. The molecule has 0 aliphatic rings. The van der Waals surface area contributed by atoms with E-state index < -0.39 is 0 Å². The van der Waals surface area contributed by atoms with Gasteiger partial charge in [0.15, 0.2) is 0 Å². The van der Waals surface area contributed by atoms with E-state index in [2.05, 4.69) is 5.32 Å². The molecule has 0 aliphatic carbocycles. The number of methoxy groups -OCH3 is 2. The maximum Gasteiger partial charge on any atom is 0.270 e. The average Bonchev–Trinajstić information content (AvgIpc) is 3.32. The molecule has 6 nitrogen and oxygen atoms in total. The van der Waals surface area contributed by atoms with E-state index in [0.717, 1.165) is 5.56 Å². The smallest absolute Gasteiger partial charge is 0.270 e. The van der Waals surface area contributed by atoms with Crippen molar-refractivity contribution in [2.75, 3.05) is 20.8 Å². The van der Waals surface area contributed by atoms with Crippen LogP contribution in [-0.4, -0.2) is 36.5 Å². The molecule has 0 spiro atoms. The predicted octanol–water partition coefficient (Wildman–Crippen LogP) is 7.14. The number of nitrogens with zero attached hydrogens (tertiary/aromatic N) is 2. The van der Waals surface area contributed by atoms with Gasteiger partial charge in [-0.3, -0.25) is 4.79 Å². The zero-order valence-corrected chi connectivity index (χ0v) is 22.3. The van der Waals surface area contributed by atoms with E-state index in [1.165, 1.54) is 4.68 Å². The molecular weight excluding hydrogens is 544 g/mol. The van der Waals surface area contributed by atoms with Crippen LogP contribution in [0.1, 0.15) is 16.1 Å². The molecule has 1 aromatic heterocycles. The van der Waals surface area contributed by atoms with Gasteiger partial charge in [-0.1, -0.05) is 52.5 Å². The fourth-order valence-corrected chi connectivity index (χ4v) is 4.42. The summed E-state index contributed by atoms with van der Waals surface area (Å²) in [4.78, 5) is 13.3. The van der Waals surface area contributed by atoms with Crippen LogP contribution in [0.25, 0.3) is 16.9 Å². The van der Waals surface area contributed by atoms with E-state index >= 15 is 0 Å². The first kappa shape index (κ1) is 26.2. The molecule has 1 N–H and O–H groups in total. The molecule has 36 heavy (non-hydrogen) atoms. The van der Waals surface area contributed by atoms with Crippen LogP contribution in [0.4, 0.5) is 0 Å². The molecule has 1 amide bonds. The van der Waals surface area contributed by atoms with Crippen molar-refractivity contribution in [2.24, 2.45) is 0 Å². The quantitative estimate of drug-likeness (QED) is 0.247. The fraction of sp³-hybridized carbons (Fsp3) is 0.154. The van der Waals surface area contributed by atoms with Gasteiger partial charge in [-0.2, -0.15) is 5.10 Å². The zero-order chi connectivity index (χ0) is 25.8. The molecule has 0 fully saturated rings. The second-order valence-corrected chi connectivity index (χ2v) is 9.39. The summed E-state index contributed by atoms with van der Waals surface area (Å²) in [7, 11) is 3.14. The second-order valence-electron chi connectivity index (χ2n) is 7.73. The molecule has 186 valence electrons. The molecule has 0 atom stereocenters. The lowest BCUT2D eigenvalue weighted by Crippen LogP contribution is -2.28. The zero-order valence-electron chi connectivity index (χ0n) is 19.3. The number of ether oxygens (including phenoxy) is 2. The number of rotatable bonds is 8. The molecule has 0 saturated carbocycles. The van der Waals surface area contributed by atoms with Gasteiger partial charge in [-0.15, -0.1) is 0 Å². The van der Waals surface area contributed by atoms with E-state index in [-0.39, 0.29) is 5.91 Å². The van der Waals surface area contributed by atoms with Crippen molar-refractivity contribution < 1.29 is 14.3 Å². The third-order valence-corrected chi connectivity index (χ3v) is 6.80. The Hall–Kier alpha value is -2.90. The third-order valence-electron chi connectivity index (χ3n) is 5.47. The Bertz CT molecular complexity index is 1420. The van der Waals surface area contributed by atoms with Gasteiger partial charge in [0.25, 0.3) is 5.91 Å². The van der Waals surface area contributed by atoms with Crippen molar-refractivity contribution in [2.45, 2.75) is 6.42 Å². The lowest BCUT2D eigenvalue weighted by molar-refractivity contribution is 0.0946. The number of hydrogen-bond acceptors (Lipinski definition) is 4. The van der Waals surface area contributed by atoms with Crippen LogP contribution < -0.4 is 14.8 Å². The van der Waals surface area contributed by atoms with Gasteiger partial charge in [0.2, 0.25) is 0 Å². The van der Waals surface area contributed by atoms with Crippen LogP contribution >= 0.6 is 46.4 Å². The minimum Gasteiger partial charge on any atom is -0.497 e. The van der Waals surface area contributed by atoms with E-state index in [0.29, 0.717) is 67.2 Å². The Balaban J connectivity index is 1.68. The molecule has 4 aromatic rings. The van der Waals surface area contributed by atoms with Gasteiger partial charge < -0.3 is 14.8 Å². The van der Waals surface area contributed by atoms with Crippen molar-refractivity contribution in [3.8, 4) is 28.4 Å². The number of hydrogen-bond donors (Lipinski definition) is 1. The number of nitrogens with one attached hydrogen (secondary N) is 1. The highest BCUT2D eigenvalue weighted by atomic mass is 35.5. The summed E-state index contributed by atoms with van der Waals surface area (Å²) in [6.07, 6.45) is 0.530. The number of halogens is 4. The van der Waals surface area contributed by atoms with Crippen molar-refractivity contribution >= 4 is 52.3 Å². The first-order chi connectivity index (χ1) is 17.3. The first-order valence-corrected chi connectivity index (χ1v) is 12.3. The summed E-state index contributed by atoms with van der Waals surface area (Å²) < 4.78 is 12.3. The van der Waals surface area contributed by atoms with Crippen LogP contribution in [0, 0.1) is 0 Å². The van der Waals surface area contributed by atoms with Crippen molar-refractivity contribution in [3.63, 3.8) is 0 Å². The van der Waals surface area contributed by atoms with E-state index in [9.17, 15) is 4.79 Å². The molecule has 4 rings (SSSR count). The first-order valence-electron chi connectivity index (χ1n) is 10.8. The second kappa shape index (κ2) is 11.4. The minimum atomic E-state index is -0.322. The molecule has 0 unspecified atom stereocenters. The maximum absolute atomic E-state index is 13.3. The van der Waals surface area contributed by atoms with Crippen LogP contribution in [0.3, 0.4) is 0 Å². The van der Waals surface area contributed by atoms with Gasteiger partial charge in [0.05, 0.1) is 35.6 Å². The van der Waals surface area contributed by atoms with Gasteiger partial charge in [0, 0.05) is 28.2 Å². The predicted molar refractivity (Wildman–Crippen MR) is 145 cm³/mol. The van der Waals surface area contributed by atoms with Crippen LogP contribution in [0.15, 0.2) is 60.7 Å². The SMILES string of the molecule is COc1ccc(-c2cc(C(=O)NCCc3ccc(Cl)cc3Cl)n(-c3ccc(Cl)c(Cl)c3)n2)c(OC)c1. The summed E-state index contributed by atoms with van der Waals surface area (Å²) in [6.45, 7) is 0.355. The molecule has 0 aliphatic heterocycles. The lowest BCUT2D eigenvalue weighted by Gasteiger charge is -2.10. The normalized spacial score (nSPS) is 10.8. The summed E-state index contributed by atoms with van der Waals surface area (Å²) >= 11 is 24.6. The largest absolute Gasteiger partial charge is 0.497 e. The number of aromatic nitrogens is 2. The Kier molecular flexibility index (Phi) is 8.32. The highest BCUT2D eigenvalue weighted by Crippen LogP contribution is 2.34. The number of carbonyl (C=O) groups is 1. The Morgan fingerprint density at radius 1 is 0.889 bits per heavy atom. The molecule has 10 heteroatoms. The minimum absolute atomic E-state index is 0.309. The van der Waals surface area contributed by atoms with Gasteiger partial charge in [0.1, 0.15) is 17.2 Å². The van der Waals surface area contributed by atoms with Crippen molar-refractivity contribution in [3.05, 3.63) is 92.0 Å². The van der Waals surface area contributed by atoms with Crippen LogP contribution in [-0.2, 0) is 6.42 Å². The third kappa shape index (κ3) is 5.73. The Morgan fingerprint density at radius 3 is 2.39 bits per heavy atom. The van der Waals surface area contributed by atoms with E-state index in [4.69, 9.17) is 61.0 Å². The number of benzene rings is 3. The molecule has 1 heterocycles. The van der Waals surface area contributed by atoms with Crippen molar-refractivity contribution in [1.29, 1.82) is 0 Å². The van der Waals surface area contributed by atoms with Gasteiger partial charge >= 0.3 is 0 Å². The molecule has 0 radical (unpaired) electrons. The molecule has 0 bridgehead atoms. The number of carbonyl (C=O) groups excluding carboxylic acids is 1. The molecular formula is C26H21Cl4N3O3. The molecule has 3 aromatic carbocycles. The summed E-state index contributed by atoms with van der Waals surface area (Å²) in [5.74, 6) is 0.869. The average molecular weight is 565 g/mol. The van der Waals surface area contributed by atoms with E-state index in [1.54, 1.807) is 62.8 Å². The maximum atomic E-state index is 13.3. The van der Waals surface area contributed by atoms with Gasteiger partial charge in [-0.25, -0.2) is 4.68 Å². The van der Waals surface area contributed by atoms with E-state index in [1.807, 2.05) is 12.1 Å². The summed E-state index contributed by atoms with van der Waals surface area (Å²) in [5.41, 5.74) is 2.99.